The maximum absolute atomic E-state index is 5.58. The third-order valence-electron chi connectivity index (χ3n) is 11.5. The van der Waals surface area contributed by atoms with E-state index in [1.807, 2.05) is 6.20 Å². The normalized spacial score (nSPS) is 11.9. The van der Waals surface area contributed by atoms with Gasteiger partial charge in [-0.3, -0.25) is 14.1 Å². The van der Waals surface area contributed by atoms with E-state index in [1.54, 1.807) is 0 Å². The van der Waals surface area contributed by atoms with Crippen molar-refractivity contribution in [2.45, 2.75) is 0 Å². The van der Waals surface area contributed by atoms with Gasteiger partial charge in [0.15, 0.2) is 0 Å². The molecule has 0 bridgehead atoms. The highest BCUT2D eigenvalue weighted by atomic mass is 28.3. The summed E-state index contributed by atoms with van der Waals surface area (Å²) in [4.78, 5) is 10.9. The Bertz CT molecular complexity index is 2910. The topological polar surface area (TPSA) is 35.6 Å². The molecule has 4 heterocycles. The molecule has 0 aliphatic rings. The van der Waals surface area contributed by atoms with Crippen LogP contribution in [-0.4, -0.2) is 27.2 Å². The molecule has 0 saturated heterocycles. The van der Waals surface area contributed by atoms with Crippen molar-refractivity contribution < 1.29 is 0 Å². The quantitative estimate of drug-likeness (QED) is 0.120. The number of benzene rings is 7. The Hall–Kier alpha value is -7.34. The molecule has 11 rings (SSSR count). The van der Waals surface area contributed by atoms with Crippen molar-refractivity contribution >= 4 is 72.6 Å². The molecule has 268 valence electrons. The summed E-state index contributed by atoms with van der Waals surface area (Å²) in [5.41, 5.74) is 6.64. The van der Waals surface area contributed by atoms with E-state index in [4.69, 9.17) is 9.97 Å². The minimum absolute atomic E-state index is 0.859. The summed E-state index contributed by atoms with van der Waals surface area (Å²) in [6, 6.07) is 76.6. The Morgan fingerprint density at radius 1 is 0.333 bits per heavy atom. The van der Waals surface area contributed by atoms with Crippen LogP contribution in [0.2, 0.25) is 0 Å². The molecule has 0 fully saturated rings. The van der Waals surface area contributed by atoms with Crippen LogP contribution in [0.25, 0.3) is 66.4 Å². The number of fused-ring (bicyclic) bond motifs is 6. The molecule has 0 unspecified atom stereocenters. The van der Waals surface area contributed by atoms with Crippen molar-refractivity contribution in [3.8, 4) is 22.8 Å². The first-order valence-corrected chi connectivity index (χ1v) is 21.4. The van der Waals surface area contributed by atoms with Gasteiger partial charge in [0.2, 0.25) is 8.07 Å². The zero-order valence-electron chi connectivity index (χ0n) is 31.1. The Kier molecular flexibility index (Phi) is 7.79. The number of para-hydroxylation sites is 4. The maximum atomic E-state index is 5.58. The Balaban J connectivity index is 1.22. The van der Waals surface area contributed by atoms with Crippen molar-refractivity contribution in [1.29, 1.82) is 0 Å². The Labute approximate surface area is 331 Å². The second-order valence-electron chi connectivity index (χ2n) is 14.6. The van der Waals surface area contributed by atoms with Gasteiger partial charge >= 0.3 is 0 Å². The van der Waals surface area contributed by atoms with Gasteiger partial charge in [-0.25, -0.2) is 4.98 Å². The minimum atomic E-state index is -2.88. The van der Waals surface area contributed by atoms with E-state index < -0.39 is 8.07 Å². The van der Waals surface area contributed by atoms with Gasteiger partial charge < -0.3 is 0 Å². The highest BCUT2D eigenvalue weighted by molar-refractivity contribution is 7.19. The third-order valence-corrected chi connectivity index (χ3v) is 16.2. The largest absolute Gasteiger partial charge is 0.294 e. The zero-order valence-corrected chi connectivity index (χ0v) is 32.1. The van der Waals surface area contributed by atoms with E-state index in [9.17, 15) is 0 Å². The van der Waals surface area contributed by atoms with Gasteiger partial charge in [-0.15, -0.1) is 0 Å². The van der Waals surface area contributed by atoms with Gasteiger partial charge in [-0.1, -0.05) is 164 Å². The number of rotatable bonds is 7. The molecule has 7 aromatic carbocycles. The minimum Gasteiger partial charge on any atom is -0.294 e. The Morgan fingerprint density at radius 3 is 1.07 bits per heavy atom. The van der Waals surface area contributed by atoms with Crippen LogP contribution in [-0.2, 0) is 0 Å². The summed E-state index contributed by atoms with van der Waals surface area (Å²) in [6.07, 6.45) is 2.00. The number of hydrogen-bond donors (Lipinski definition) is 0. The second-order valence-corrected chi connectivity index (χ2v) is 18.3. The second kappa shape index (κ2) is 13.4. The zero-order chi connectivity index (χ0) is 37.8. The summed E-state index contributed by atoms with van der Waals surface area (Å²) in [5, 5.41) is 9.76. The third kappa shape index (κ3) is 5.20. The number of nitrogens with zero attached hydrogens (tertiary/aromatic N) is 4. The number of aromatic nitrogens is 4. The fourth-order valence-electron chi connectivity index (χ4n) is 9.06. The maximum Gasteiger partial charge on any atom is 0.201 e. The fourth-order valence-corrected chi connectivity index (χ4v) is 13.7. The molecule has 0 atom stereocenters. The predicted octanol–water partition coefficient (Wildman–Crippen LogP) is 9.72. The van der Waals surface area contributed by atoms with E-state index in [0.29, 0.717) is 0 Å². The highest BCUT2D eigenvalue weighted by Gasteiger charge is 2.43. The van der Waals surface area contributed by atoms with Crippen LogP contribution in [0.3, 0.4) is 0 Å². The molecule has 0 radical (unpaired) electrons. The van der Waals surface area contributed by atoms with Crippen LogP contribution < -0.4 is 20.9 Å². The molecule has 0 spiro atoms. The summed E-state index contributed by atoms with van der Waals surface area (Å²) < 4.78 is 4.65. The molecule has 5 heteroatoms. The van der Waals surface area contributed by atoms with Gasteiger partial charge in [0, 0.05) is 33.1 Å². The SMILES string of the molecule is c1ccc([Si](c2ccccc2)(c2ccccc2)c2cc(-c3cc(-n4c5ccccc5c5ccccc54)nc(-n4c5ccccc5c5ccccc54)c3)ccn2)cc1. The lowest BCUT2D eigenvalue weighted by Crippen LogP contribution is -2.75. The number of pyridine rings is 2. The lowest BCUT2D eigenvalue weighted by Gasteiger charge is -2.33. The lowest BCUT2D eigenvalue weighted by atomic mass is 10.1. The molecule has 4 aromatic heterocycles. The van der Waals surface area contributed by atoms with Crippen molar-refractivity contribution in [3.05, 3.63) is 219 Å². The highest BCUT2D eigenvalue weighted by Crippen LogP contribution is 2.36. The molecular weight excluding hydrogens is 709 g/mol. The van der Waals surface area contributed by atoms with Gasteiger partial charge in [0.1, 0.15) is 11.6 Å². The molecule has 0 aliphatic heterocycles. The molecule has 11 aromatic rings. The molecule has 0 N–H and O–H groups in total. The van der Waals surface area contributed by atoms with Gasteiger partial charge in [-0.05, 0) is 75.2 Å². The first-order valence-electron chi connectivity index (χ1n) is 19.4. The summed E-state index contributed by atoms with van der Waals surface area (Å²) in [6.45, 7) is 0. The van der Waals surface area contributed by atoms with Crippen LogP contribution in [0.4, 0.5) is 0 Å². The van der Waals surface area contributed by atoms with Gasteiger partial charge in [0.05, 0.1) is 22.1 Å². The standard InChI is InChI=1S/C52H36N4Si/c1-4-18-39(19-5-1)57(40-20-6-2-7-21-40,41-22-8-3-9-23-41)52-36-37(32-33-53-52)38-34-50(55-46-28-14-10-24-42(46)43-25-11-15-29-47(43)55)54-51(35-38)56-48-30-16-12-26-44(48)45-27-13-17-31-49(45)56/h1-36H. The summed E-state index contributed by atoms with van der Waals surface area (Å²) >= 11 is 0. The molecule has 0 saturated carbocycles. The van der Waals surface area contributed by atoms with Crippen LogP contribution in [0.1, 0.15) is 0 Å². The average molecular weight is 745 g/mol. The number of hydrogen-bond acceptors (Lipinski definition) is 2. The van der Waals surface area contributed by atoms with Crippen LogP contribution in [0.15, 0.2) is 219 Å². The summed E-state index contributed by atoms with van der Waals surface area (Å²) in [7, 11) is -2.88. The first-order chi connectivity index (χ1) is 28.3. The monoisotopic (exact) mass is 744 g/mol. The van der Waals surface area contributed by atoms with E-state index in [2.05, 4.69) is 221 Å². The Morgan fingerprint density at radius 2 is 0.684 bits per heavy atom. The summed E-state index contributed by atoms with van der Waals surface area (Å²) in [5.74, 6) is 1.72. The van der Waals surface area contributed by atoms with Crippen molar-refractivity contribution in [2.75, 3.05) is 0 Å². The van der Waals surface area contributed by atoms with E-state index >= 15 is 0 Å². The van der Waals surface area contributed by atoms with Gasteiger partial charge in [0.25, 0.3) is 0 Å². The van der Waals surface area contributed by atoms with E-state index in [0.717, 1.165) is 50.1 Å². The van der Waals surface area contributed by atoms with Gasteiger partial charge in [-0.2, -0.15) is 0 Å². The molecule has 0 amide bonds. The first kappa shape index (κ1) is 33.0. The predicted molar refractivity (Wildman–Crippen MR) is 240 cm³/mol. The van der Waals surface area contributed by atoms with Crippen LogP contribution in [0.5, 0.6) is 0 Å². The molecule has 0 aliphatic carbocycles. The lowest BCUT2D eigenvalue weighted by molar-refractivity contribution is 1.01. The molecular formula is C52H36N4Si. The van der Waals surface area contributed by atoms with E-state index in [-0.39, 0.29) is 0 Å². The van der Waals surface area contributed by atoms with Crippen molar-refractivity contribution in [1.82, 2.24) is 19.1 Å². The average Bonchev–Trinajstić information content (AvgIpc) is 3.81. The smallest absolute Gasteiger partial charge is 0.201 e. The van der Waals surface area contributed by atoms with E-state index in [1.165, 1.54) is 37.1 Å². The molecule has 57 heavy (non-hydrogen) atoms. The van der Waals surface area contributed by atoms with Crippen LogP contribution in [0, 0.1) is 0 Å². The van der Waals surface area contributed by atoms with Crippen LogP contribution >= 0.6 is 0 Å². The molecule has 4 nitrogen and oxygen atoms in total. The fraction of sp³-hybridized carbons (Fsp3) is 0. The van der Waals surface area contributed by atoms with Crippen molar-refractivity contribution in [2.24, 2.45) is 0 Å². The van der Waals surface area contributed by atoms with Crippen molar-refractivity contribution in [3.63, 3.8) is 0 Å².